The van der Waals surface area contributed by atoms with Gasteiger partial charge in [-0.05, 0) is 30.9 Å². The third-order valence-electron chi connectivity index (χ3n) is 4.93. The molecule has 2 aromatic heterocycles. The summed E-state index contributed by atoms with van der Waals surface area (Å²) in [7, 11) is 0. The first-order chi connectivity index (χ1) is 12.8. The maximum atomic E-state index is 12.9. The monoisotopic (exact) mass is 394 g/mol. The first-order valence-electron chi connectivity index (χ1n) is 8.57. The van der Waals surface area contributed by atoms with E-state index in [-0.39, 0.29) is 30.4 Å². The van der Waals surface area contributed by atoms with E-state index in [2.05, 4.69) is 4.98 Å². The van der Waals surface area contributed by atoms with Gasteiger partial charge in [-0.25, -0.2) is 4.98 Å². The van der Waals surface area contributed by atoms with E-state index >= 15 is 0 Å². The minimum absolute atomic E-state index is 0.0945. The number of alkyl halides is 3. The van der Waals surface area contributed by atoms with E-state index in [1.165, 1.54) is 23.5 Å². The van der Waals surface area contributed by atoms with Crippen molar-refractivity contribution in [2.24, 2.45) is 5.92 Å². The molecule has 142 valence electrons. The Hall–Kier alpha value is -2.19. The zero-order valence-electron chi connectivity index (χ0n) is 14.5. The molecule has 1 saturated carbocycles. The largest absolute Gasteiger partial charge is 0.416 e. The van der Waals surface area contributed by atoms with Gasteiger partial charge >= 0.3 is 6.18 Å². The first-order valence-corrected chi connectivity index (χ1v) is 9.38. The first kappa shape index (κ1) is 18.2. The second kappa shape index (κ2) is 6.45. The number of benzene rings is 1. The molecule has 2 atom stereocenters. The normalized spacial score (nSPS) is 19.6. The van der Waals surface area contributed by atoms with Crippen LogP contribution in [0.5, 0.6) is 0 Å². The van der Waals surface area contributed by atoms with Gasteiger partial charge in [0.05, 0.1) is 11.3 Å². The molecule has 0 aliphatic heterocycles. The van der Waals surface area contributed by atoms with Crippen molar-refractivity contribution in [2.75, 3.05) is 6.61 Å². The summed E-state index contributed by atoms with van der Waals surface area (Å²) in [5.41, 5.74) is 0.858. The van der Waals surface area contributed by atoms with Crippen molar-refractivity contribution in [1.82, 2.24) is 9.38 Å². The zero-order valence-corrected chi connectivity index (χ0v) is 15.3. The third-order valence-corrected chi connectivity index (χ3v) is 5.91. The van der Waals surface area contributed by atoms with Gasteiger partial charge in [0.25, 0.3) is 5.56 Å². The van der Waals surface area contributed by atoms with Crippen molar-refractivity contribution < 1.29 is 18.3 Å². The van der Waals surface area contributed by atoms with Crippen molar-refractivity contribution in [2.45, 2.75) is 31.9 Å². The molecule has 1 N–H and O–H groups in total. The molecule has 4 rings (SSSR count). The molecule has 1 aliphatic rings. The van der Waals surface area contributed by atoms with E-state index in [1.54, 1.807) is 10.5 Å². The van der Waals surface area contributed by atoms with Gasteiger partial charge < -0.3 is 5.11 Å². The maximum Gasteiger partial charge on any atom is 0.416 e. The predicted octanol–water partition coefficient (Wildman–Crippen LogP) is 3.77. The average Bonchev–Trinajstić information content (AvgIpc) is 3.29. The molecule has 0 saturated heterocycles. The fraction of sp³-hybridized carbons (Fsp3) is 0.368. The molecule has 27 heavy (non-hydrogen) atoms. The minimum atomic E-state index is -4.40. The predicted molar refractivity (Wildman–Crippen MR) is 96.3 cm³/mol. The molecule has 2 heterocycles. The summed E-state index contributed by atoms with van der Waals surface area (Å²) < 4.78 is 40.2. The molecule has 0 radical (unpaired) electrons. The highest BCUT2D eigenvalue weighted by molar-refractivity contribution is 7.17. The average molecular weight is 394 g/mol. The van der Waals surface area contributed by atoms with Crippen LogP contribution < -0.4 is 5.56 Å². The molecule has 8 heteroatoms. The molecule has 1 aliphatic carbocycles. The van der Waals surface area contributed by atoms with Crippen LogP contribution in [0.3, 0.4) is 0 Å². The molecule has 1 fully saturated rings. The van der Waals surface area contributed by atoms with Crippen molar-refractivity contribution >= 4 is 16.3 Å². The van der Waals surface area contributed by atoms with Crippen molar-refractivity contribution in [3.63, 3.8) is 0 Å². The number of rotatable bonds is 4. The fourth-order valence-electron chi connectivity index (χ4n) is 3.51. The van der Waals surface area contributed by atoms with E-state index in [0.717, 1.165) is 29.1 Å². The van der Waals surface area contributed by atoms with Crippen molar-refractivity contribution in [3.05, 3.63) is 68.1 Å². The van der Waals surface area contributed by atoms with E-state index in [0.29, 0.717) is 16.2 Å². The van der Waals surface area contributed by atoms with Gasteiger partial charge in [-0.3, -0.25) is 9.20 Å². The molecule has 0 amide bonds. The number of aromatic nitrogens is 2. The quantitative estimate of drug-likeness (QED) is 0.733. The van der Waals surface area contributed by atoms with Gasteiger partial charge in [-0.15, -0.1) is 11.3 Å². The molecule has 0 spiro atoms. The zero-order chi connectivity index (χ0) is 19.3. The lowest BCUT2D eigenvalue weighted by atomic mass is 10.1. The lowest BCUT2D eigenvalue weighted by Crippen LogP contribution is -2.17. The number of halogens is 3. The Morgan fingerprint density at radius 2 is 2.11 bits per heavy atom. The van der Waals surface area contributed by atoms with Gasteiger partial charge in [0.2, 0.25) is 0 Å². The summed E-state index contributed by atoms with van der Waals surface area (Å²) in [6.07, 6.45) is -3.40. The van der Waals surface area contributed by atoms with E-state index in [4.69, 9.17) is 0 Å². The van der Waals surface area contributed by atoms with Crippen LogP contribution in [-0.4, -0.2) is 21.1 Å². The van der Waals surface area contributed by atoms with Crippen molar-refractivity contribution in [3.8, 4) is 0 Å². The molecule has 4 nitrogen and oxygen atoms in total. The number of aliphatic hydroxyl groups is 1. The molecular weight excluding hydrogens is 377 g/mol. The number of aryl methyl sites for hydroxylation is 1. The van der Waals surface area contributed by atoms with Crippen LogP contribution >= 0.6 is 11.3 Å². The number of hydrogen-bond donors (Lipinski definition) is 1. The number of thiazole rings is 1. The maximum absolute atomic E-state index is 12.9. The van der Waals surface area contributed by atoms with Crippen LogP contribution in [0.15, 0.2) is 35.1 Å². The highest BCUT2D eigenvalue weighted by Crippen LogP contribution is 2.49. The Kier molecular flexibility index (Phi) is 4.35. The molecule has 0 bridgehead atoms. The van der Waals surface area contributed by atoms with E-state index < -0.39 is 11.7 Å². The number of nitrogens with zero attached hydrogens (tertiary/aromatic N) is 2. The molecule has 3 aromatic rings. The number of aliphatic hydroxyl groups excluding tert-OH is 1. The summed E-state index contributed by atoms with van der Waals surface area (Å²) in [6.45, 7) is 2.02. The Bertz CT molecular complexity index is 1070. The van der Waals surface area contributed by atoms with Crippen LogP contribution in [0.2, 0.25) is 0 Å². The van der Waals surface area contributed by atoms with Crippen LogP contribution in [0, 0.1) is 12.8 Å². The minimum Gasteiger partial charge on any atom is -0.396 e. The lowest BCUT2D eigenvalue weighted by Gasteiger charge is -2.09. The highest BCUT2D eigenvalue weighted by atomic mass is 32.1. The fourth-order valence-corrected chi connectivity index (χ4v) is 4.58. The summed E-state index contributed by atoms with van der Waals surface area (Å²) >= 11 is 1.40. The van der Waals surface area contributed by atoms with Gasteiger partial charge in [-0.1, -0.05) is 18.2 Å². The van der Waals surface area contributed by atoms with Crippen LogP contribution in [0.25, 0.3) is 4.96 Å². The highest BCUT2D eigenvalue weighted by Gasteiger charge is 2.41. The topological polar surface area (TPSA) is 54.6 Å². The SMILES string of the molecule is Cc1sc2nc(Cc3cccc(C(F)(F)F)c3)cc(=O)n2c1[C@@H]1C[C@H]1CO. The van der Waals surface area contributed by atoms with E-state index in [9.17, 15) is 23.1 Å². The summed E-state index contributed by atoms with van der Waals surface area (Å²) in [4.78, 5) is 18.7. The van der Waals surface area contributed by atoms with Crippen LogP contribution in [0.1, 0.15) is 39.7 Å². The molecule has 1 aromatic carbocycles. The van der Waals surface area contributed by atoms with Crippen LogP contribution in [0.4, 0.5) is 13.2 Å². The second-order valence-corrected chi connectivity index (χ2v) is 8.09. The summed E-state index contributed by atoms with van der Waals surface area (Å²) in [5.74, 6) is 0.343. The Morgan fingerprint density at radius 3 is 2.78 bits per heavy atom. The standard InChI is InChI=1S/C19H17F3N2O2S/c1-10-17(15-7-12(15)9-25)24-16(26)8-14(23-18(24)27-10)6-11-3-2-4-13(5-11)19(20,21)22/h2-5,8,12,15,25H,6-7,9H2,1H3/t12-,15+/m0/s1. The molecule has 0 unspecified atom stereocenters. The van der Waals surface area contributed by atoms with Crippen molar-refractivity contribution in [1.29, 1.82) is 0 Å². The Labute approximate surface area is 156 Å². The summed E-state index contributed by atoms with van der Waals surface area (Å²) in [5, 5.41) is 9.32. The number of hydrogen-bond acceptors (Lipinski definition) is 4. The van der Waals surface area contributed by atoms with Gasteiger partial charge in [0.1, 0.15) is 0 Å². The summed E-state index contributed by atoms with van der Waals surface area (Å²) in [6, 6.07) is 6.46. The lowest BCUT2D eigenvalue weighted by molar-refractivity contribution is -0.137. The van der Waals surface area contributed by atoms with E-state index in [1.807, 2.05) is 6.92 Å². The second-order valence-electron chi connectivity index (χ2n) is 6.91. The Morgan fingerprint density at radius 1 is 1.33 bits per heavy atom. The smallest absolute Gasteiger partial charge is 0.396 e. The molecular formula is C19H17F3N2O2S. The van der Waals surface area contributed by atoms with Gasteiger partial charge in [-0.2, -0.15) is 13.2 Å². The third kappa shape index (κ3) is 3.39. The van der Waals surface area contributed by atoms with Crippen LogP contribution in [-0.2, 0) is 12.6 Å². The van der Waals surface area contributed by atoms with Gasteiger partial charge in [0, 0.05) is 35.6 Å². The Balaban J connectivity index is 1.70. The number of fused-ring (bicyclic) bond motifs is 1. The van der Waals surface area contributed by atoms with Gasteiger partial charge in [0.15, 0.2) is 4.96 Å².